The monoisotopic (exact) mass is 401 g/mol. The van der Waals surface area contributed by atoms with E-state index in [-0.39, 0.29) is 24.9 Å². The summed E-state index contributed by atoms with van der Waals surface area (Å²) >= 11 is 6.05. The molecule has 0 saturated carbocycles. The fourth-order valence-corrected chi connectivity index (χ4v) is 2.97. The molecule has 0 saturated heterocycles. The number of amides is 2. The van der Waals surface area contributed by atoms with E-state index in [9.17, 15) is 9.59 Å². The lowest BCUT2D eigenvalue weighted by atomic mass is 10.0. The van der Waals surface area contributed by atoms with Gasteiger partial charge in [0.2, 0.25) is 11.8 Å². The van der Waals surface area contributed by atoms with Crippen molar-refractivity contribution in [2.24, 2.45) is 0 Å². The fraction of sp³-hybridized carbons (Fsp3) is 0.364. The van der Waals surface area contributed by atoms with E-state index >= 15 is 0 Å². The van der Waals surface area contributed by atoms with Gasteiger partial charge in [0.15, 0.2) is 0 Å². The molecule has 0 heterocycles. The highest BCUT2D eigenvalue weighted by atomic mass is 35.5. The molecule has 0 radical (unpaired) electrons. The van der Waals surface area contributed by atoms with Crippen LogP contribution in [0, 0.1) is 6.92 Å². The first-order valence-corrected chi connectivity index (χ1v) is 9.73. The van der Waals surface area contributed by atoms with Gasteiger partial charge in [-0.1, -0.05) is 55.8 Å². The van der Waals surface area contributed by atoms with Gasteiger partial charge >= 0.3 is 0 Å². The molecule has 0 bridgehead atoms. The molecule has 0 fully saturated rings. The summed E-state index contributed by atoms with van der Waals surface area (Å²) in [6.07, 6.45) is 0. The Morgan fingerprint density at radius 2 is 1.75 bits per heavy atom. The number of rotatable bonds is 8. The van der Waals surface area contributed by atoms with Crippen molar-refractivity contribution in [3.63, 3.8) is 0 Å². The van der Waals surface area contributed by atoms with E-state index in [0.717, 1.165) is 11.1 Å². The van der Waals surface area contributed by atoms with Crippen LogP contribution in [0.25, 0.3) is 0 Å². The number of halogens is 1. The Hall–Kier alpha value is -2.37. The molecule has 2 aromatic carbocycles. The van der Waals surface area contributed by atoms with E-state index in [1.54, 1.807) is 18.2 Å². The number of likely N-dealkylation sites (N-methyl/N-ethyl adjacent to an activating group) is 1. The van der Waals surface area contributed by atoms with Gasteiger partial charge in [0.25, 0.3) is 0 Å². The van der Waals surface area contributed by atoms with Gasteiger partial charge in [0, 0.05) is 17.3 Å². The summed E-state index contributed by atoms with van der Waals surface area (Å²) in [5, 5.41) is 6.00. The summed E-state index contributed by atoms with van der Waals surface area (Å²) < 4.78 is 0. The second-order valence-electron chi connectivity index (χ2n) is 7.31. The lowest BCUT2D eigenvalue weighted by Crippen LogP contribution is -2.39. The first-order valence-electron chi connectivity index (χ1n) is 9.35. The highest BCUT2D eigenvalue weighted by molar-refractivity contribution is 6.31. The minimum Gasteiger partial charge on any atom is -0.346 e. The smallest absolute Gasteiger partial charge is 0.243 e. The molecule has 0 atom stereocenters. The molecule has 0 aliphatic heterocycles. The van der Waals surface area contributed by atoms with E-state index in [0.29, 0.717) is 23.2 Å². The van der Waals surface area contributed by atoms with Crippen LogP contribution in [0.3, 0.4) is 0 Å². The predicted molar refractivity (Wildman–Crippen MR) is 115 cm³/mol. The SMILES string of the molecule is Cc1c(Cl)cccc1NC(=O)CNC(=O)CN(C)Cc1ccc(C(C)C)cc1. The highest BCUT2D eigenvalue weighted by Gasteiger charge is 2.11. The van der Waals surface area contributed by atoms with E-state index in [2.05, 4.69) is 48.7 Å². The summed E-state index contributed by atoms with van der Waals surface area (Å²) in [5.74, 6) is 0.0179. The van der Waals surface area contributed by atoms with Gasteiger partial charge in [0.1, 0.15) is 0 Å². The summed E-state index contributed by atoms with van der Waals surface area (Å²) in [7, 11) is 1.88. The molecule has 150 valence electrons. The molecule has 0 unspecified atom stereocenters. The van der Waals surface area contributed by atoms with Gasteiger partial charge in [-0.15, -0.1) is 0 Å². The Bertz CT molecular complexity index is 819. The first-order chi connectivity index (χ1) is 13.3. The van der Waals surface area contributed by atoms with Crippen LogP contribution >= 0.6 is 11.6 Å². The highest BCUT2D eigenvalue weighted by Crippen LogP contribution is 2.22. The molecule has 6 heteroatoms. The molecule has 2 amide bonds. The van der Waals surface area contributed by atoms with Gasteiger partial charge in [0.05, 0.1) is 13.1 Å². The second-order valence-corrected chi connectivity index (χ2v) is 7.71. The van der Waals surface area contributed by atoms with Crippen molar-refractivity contribution >= 4 is 29.1 Å². The third-order valence-corrected chi connectivity index (χ3v) is 4.91. The number of anilines is 1. The van der Waals surface area contributed by atoms with Gasteiger partial charge < -0.3 is 10.6 Å². The Balaban J connectivity index is 1.76. The number of benzene rings is 2. The van der Waals surface area contributed by atoms with Crippen LogP contribution in [0.5, 0.6) is 0 Å². The third kappa shape index (κ3) is 6.66. The van der Waals surface area contributed by atoms with E-state index in [1.165, 1.54) is 5.56 Å². The maximum atomic E-state index is 12.1. The summed E-state index contributed by atoms with van der Waals surface area (Å²) in [6, 6.07) is 13.7. The van der Waals surface area contributed by atoms with Crippen molar-refractivity contribution in [1.82, 2.24) is 10.2 Å². The first kappa shape index (κ1) is 21.9. The van der Waals surface area contributed by atoms with Crippen LogP contribution in [0.2, 0.25) is 5.02 Å². The zero-order valence-electron chi connectivity index (χ0n) is 16.9. The van der Waals surface area contributed by atoms with Crippen LogP contribution in [-0.2, 0) is 16.1 Å². The molecule has 2 aromatic rings. The minimum atomic E-state index is -0.286. The number of carbonyl (C=O) groups excluding carboxylic acids is 2. The maximum Gasteiger partial charge on any atom is 0.243 e. The molecule has 0 spiro atoms. The van der Waals surface area contributed by atoms with Crippen molar-refractivity contribution < 1.29 is 9.59 Å². The number of hydrogen-bond donors (Lipinski definition) is 2. The zero-order valence-corrected chi connectivity index (χ0v) is 17.6. The number of hydrogen-bond acceptors (Lipinski definition) is 3. The molecule has 0 aliphatic rings. The summed E-state index contributed by atoms with van der Waals surface area (Å²) in [5.41, 5.74) is 3.89. The van der Waals surface area contributed by atoms with Crippen LogP contribution in [0.1, 0.15) is 36.5 Å². The van der Waals surface area contributed by atoms with Gasteiger partial charge in [-0.3, -0.25) is 14.5 Å². The average Bonchev–Trinajstić information content (AvgIpc) is 2.64. The molecular weight excluding hydrogens is 374 g/mol. The average molecular weight is 402 g/mol. The number of nitrogens with zero attached hydrogens (tertiary/aromatic N) is 1. The third-order valence-electron chi connectivity index (χ3n) is 4.50. The van der Waals surface area contributed by atoms with Crippen molar-refractivity contribution in [3.05, 3.63) is 64.2 Å². The van der Waals surface area contributed by atoms with E-state index < -0.39 is 0 Å². The Labute approximate surface area is 172 Å². The standard InChI is InChI=1S/C22H28ClN3O2/c1-15(2)18-10-8-17(9-11-18)13-26(4)14-22(28)24-12-21(27)25-20-7-5-6-19(23)16(20)3/h5-11,15H,12-14H2,1-4H3,(H,24,28)(H,25,27). The van der Waals surface area contributed by atoms with Gasteiger partial charge in [-0.25, -0.2) is 0 Å². The largest absolute Gasteiger partial charge is 0.346 e. The minimum absolute atomic E-state index is 0.0816. The summed E-state index contributed by atoms with van der Waals surface area (Å²) in [6.45, 7) is 6.96. The second kappa shape index (κ2) is 10.2. The van der Waals surface area contributed by atoms with Crippen LogP contribution in [0.4, 0.5) is 5.69 Å². The predicted octanol–water partition coefficient (Wildman–Crippen LogP) is 3.96. The van der Waals surface area contributed by atoms with Crippen molar-refractivity contribution in [2.75, 3.05) is 25.5 Å². The lowest BCUT2D eigenvalue weighted by molar-refractivity contribution is -0.124. The van der Waals surface area contributed by atoms with Crippen LogP contribution in [0.15, 0.2) is 42.5 Å². The normalized spacial score (nSPS) is 11.0. The Morgan fingerprint density at radius 1 is 1.07 bits per heavy atom. The van der Waals surface area contributed by atoms with Crippen molar-refractivity contribution in [3.8, 4) is 0 Å². The fourth-order valence-electron chi connectivity index (χ4n) is 2.79. The molecule has 2 N–H and O–H groups in total. The Morgan fingerprint density at radius 3 is 2.39 bits per heavy atom. The number of carbonyl (C=O) groups is 2. The van der Waals surface area contributed by atoms with Crippen LogP contribution in [-0.4, -0.2) is 36.9 Å². The lowest BCUT2D eigenvalue weighted by Gasteiger charge is -2.17. The topological polar surface area (TPSA) is 61.4 Å². The zero-order chi connectivity index (χ0) is 20.7. The van der Waals surface area contributed by atoms with E-state index in [4.69, 9.17) is 11.6 Å². The van der Waals surface area contributed by atoms with Crippen molar-refractivity contribution in [2.45, 2.75) is 33.2 Å². The molecule has 28 heavy (non-hydrogen) atoms. The van der Waals surface area contributed by atoms with Gasteiger partial charge in [-0.05, 0) is 48.7 Å². The van der Waals surface area contributed by atoms with E-state index in [1.807, 2.05) is 18.9 Å². The molecule has 0 aromatic heterocycles. The quantitative estimate of drug-likeness (QED) is 0.703. The Kier molecular flexibility index (Phi) is 8.03. The maximum absolute atomic E-state index is 12.1. The molecule has 5 nitrogen and oxygen atoms in total. The molecule has 0 aliphatic carbocycles. The number of nitrogens with one attached hydrogen (secondary N) is 2. The van der Waals surface area contributed by atoms with Crippen LogP contribution < -0.4 is 10.6 Å². The summed E-state index contributed by atoms with van der Waals surface area (Å²) in [4.78, 5) is 26.1. The molecular formula is C22H28ClN3O2. The molecule has 2 rings (SSSR count). The van der Waals surface area contributed by atoms with Gasteiger partial charge in [-0.2, -0.15) is 0 Å². The van der Waals surface area contributed by atoms with Crippen molar-refractivity contribution in [1.29, 1.82) is 0 Å².